The Balaban J connectivity index is 1.61. The van der Waals surface area contributed by atoms with Gasteiger partial charge in [-0.1, -0.05) is 49.4 Å². The van der Waals surface area contributed by atoms with Crippen LogP contribution in [0.3, 0.4) is 0 Å². The normalized spacial score (nSPS) is 11.4. The summed E-state index contributed by atoms with van der Waals surface area (Å²) in [6.07, 6.45) is 0. The van der Waals surface area contributed by atoms with Crippen LogP contribution in [0.15, 0.2) is 66.0 Å². The molecule has 0 aliphatic carbocycles. The Labute approximate surface area is 218 Å². The summed E-state index contributed by atoms with van der Waals surface area (Å²) in [7, 11) is 1.66. The number of benzene rings is 2. The summed E-state index contributed by atoms with van der Waals surface area (Å²) in [5.74, 6) is 0.712. The van der Waals surface area contributed by atoms with Crippen LogP contribution in [0.2, 0.25) is 0 Å². The van der Waals surface area contributed by atoms with Crippen molar-refractivity contribution < 1.29 is 9.53 Å². The van der Waals surface area contributed by atoms with Crippen molar-refractivity contribution in [3.05, 3.63) is 71.6 Å². The molecule has 0 N–H and O–H groups in total. The molecule has 0 fully saturated rings. The van der Waals surface area contributed by atoms with E-state index in [9.17, 15) is 4.79 Å². The highest BCUT2D eigenvalue weighted by Crippen LogP contribution is 2.34. The first-order valence-electron chi connectivity index (χ1n) is 12.0. The van der Waals surface area contributed by atoms with E-state index < -0.39 is 0 Å². The molecule has 3 heterocycles. The molecule has 0 aliphatic rings. The number of hydrogen-bond acceptors (Lipinski definition) is 7. The van der Waals surface area contributed by atoms with Crippen LogP contribution in [0.5, 0.6) is 5.75 Å². The number of amides is 1. The number of hydrogen-bond donors (Lipinski definition) is 0. The van der Waals surface area contributed by atoms with Crippen LogP contribution in [0.4, 0.5) is 5.13 Å². The van der Waals surface area contributed by atoms with Gasteiger partial charge in [0.25, 0.3) is 5.91 Å². The molecule has 184 valence electrons. The van der Waals surface area contributed by atoms with Crippen molar-refractivity contribution in [2.24, 2.45) is 0 Å². The third-order valence-electron chi connectivity index (χ3n) is 6.31. The summed E-state index contributed by atoms with van der Waals surface area (Å²) in [6, 6.07) is 19.6. The van der Waals surface area contributed by atoms with Gasteiger partial charge in [-0.15, -0.1) is 11.3 Å². The second-order valence-electron chi connectivity index (χ2n) is 8.36. The van der Waals surface area contributed by atoms with Gasteiger partial charge in [-0.3, -0.25) is 9.69 Å². The van der Waals surface area contributed by atoms with Crippen molar-refractivity contribution in [1.29, 1.82) is 0 Å². The number of rotatable bonds is 9. The molecule has 6 nitrogen and oxygen atoms in total. The molecule has 0 saturated carbocycles. The first-order valence-corrected chi connectivity index (χ1v) is 13.7. The molecule has 36 heavy (non-hydrogen) atoms. The van der Waals surface area contributed by atoms with Gasteiger partial charge in [0.05, 0.1) is 39.0 Å². The lowest BCUT2D eigenvalue weighted by Crippen LogP contribution is -2.39. The Hall–Kier alpha value is -3.33. The average Bonchev–Trinajstić information content (AvgIpc) is 3.60. The van der Waals surface area contributed by atoms with E-state index in [0.717, 1.165) is 57.1 Å². The molecule has 8 heteroatoms. The summed E-state index contributed by atoms with van der Waals surface area (Å²) < 4.78 is 6.39. The van der Waals surface area contributed by atoms with E-state index in [4.69, 9.17) is 14.7 Å². The Morgan fingerprint density at radius 2 is 1.78 bits per heavy atom. The quantitative estimate of drug-likeness (QED) is 0.222. The summed E-state index contributed by atoms with van der Waals surface area (Å²) in [5, 5.41) is 3.56. The first-order chi connectivity index (χ1) is 17.6. The number of methoxy groups -OCH3 is 1. The fraction of sp³-hybridized carbons (Fsp3) is 0.250. The minimum Gasteiger partial charge on any atom is -0.497 e. The van der Waals surface area contributed by atoms with Crippen molar-refractivity contribution >= 4 is 54.8 Å². The van der Waals surface area contributed by atoms with Crippen molar-refractivity contribution in [2.75, 3.05) is 38.2 Å². The number of aromatic nitrogens is 2. The monoisotopic (exact) mass is 516 g/mol. The molecule has 0 radical (unpaired) electrons. The largest absolute Gasteiger partial charge is 0.497 e. The molecule has 5 aromatic rings. The number of carbonyl (C=O) groups is 1. The maximum Gasteiger partial charge on any atom is 0.260 e. The molecule has 0 spiro atoms. The van der Waals surface area contributed by atoms with Crippen molar-refractivity contribution in [3.63, 3.8) is 0 Å². The summed E-state index contributed by atoms with van der Waals surface area (Å²) in [4.78, 5) is 29.2. The maximum atomic E-state index is 14.3. The smallest absolute Gasteiger partial charge is 0.260 e. The highest BCUT2D eigenvalue weighted by Gasteiger charge is 2.25. The van der Waals surface area contributed by atoms with Crippen LogP contribution in [0.25, 0.3) is 31.7 Å². The molecule has 0 bridgehead atoms. The van der Waals surface area contributed by atoms with E-state index in [2.05, 4.69) is 18.7 Å². The van der Waals surface area contributed by atoms with Crippen LogP contribution >= 0.6 is 22.7 Å². The van der Waals surface area contributed by atoms with Gasteiger partial charge in [0.15, 0.2) is 5.13 Å². The fourth-order valence-electron chi connectivity index (χ4n) is 4.25. The minimum atomic E-state index is -0.0652. The van der Waals surface area contributed by atoms with Crippen molar-refractivity contribution in [2.45, 2.75) is 13.8 Å². The number of carbonyl (C=O) groups excluding carboxylic acids is 1. The lowest BCUT2D eigenvalue weighted by atomic mass is 10.1. The van der Waals surface area contributed by atoms with Gasteiger partial charge < -0.3 is 9.64 Å². The number of anilines is 1. The standard InChI is InChI=1S/C28H28N4O2S2/c1-4-31(5-2)14-15-32(28-30-23-13-12-19(34-3)17-26(23)36-28)27(33)21-18-24(25-11-8-16-35-25)29-22-10-7-6-9-20(21)22/h6-13,16-18H,4-5,14-15H2,1-3H3. The first kappa shape index (κ1) is 24.4. The molecule has 2 aromatic carbocycles. The zero-order valence-corrected chi connectivity index (χ0v) is 22.2. The minimum absolute atomic E-state index is 0.0652. The summed E-state index contributed by atoms with van der Waals surface area (Å²) >= 11 is 3.13. The third-order valence-corrected chi connectivity index (χ3v) is 8.25. The molecule has 0 aliphatic heterocycles. The van der Waals surface area contributed by atoms with E-state index >= 15 is 0 Å². The van der Waals surface area contributed by atoms with Crippen LogP contribution < -0.4 is 9.64 Å². The zero-order chi connectivity index (χ0) is 25.1. The van der Waals surface area contributed by atoms with Gasteiger partial charge in [-0.25, -0.2) is 9.97 Å². The lowest BCUT2D eigenvalue weighted by Gasteiger charge is -2.25. The molecule has 0 unspecified atom stereocenters. The van der Waals surface area contributed by atoms with Gasteiger partial charge in [-0.05, 0) is 54.9 Å². The Morgan fingerprint density at radius 3 is 2.53 bits per heavy atom. The average molecular weight is 517 g/mol. The van der Waals surface area contributed by atoms with Gasteiger partial charge >= 0.3 is 0 Å². The van der Waals surface area contributed by atoms with E-state index in [0.29, 0.717) is 17.2 Å². The van der Waals surface area contributed by atoms with Crippen LogP contribution in [-0.2, 0) is 0 Å². The highest BCUT2D eigenvalue weighted by atomic mass is 32.1. The third kappa shape index (κ3) is 4.84. The van der Waals surface area contributed by atoms with E-state index in [1.54, 1.807) is 18.4 Å². The van der Waals surface area contributed by atoms with Gasteiger partial charge in [0.2, 0.25) is 0 Å². The molecular weight excluding hydrogens is 488 g/mol. The van der Waals surface area contributed by atoms with E-state index in [-0.39, 0.29) is 5.91 Å². The number of fused-ring (bicyclic) bond motifs is 2. The van der Waals surface area contributed by atoms with Crippen LogP contribution in [-0.4, -0.2) is 54.1 Å². The van der Waals surface area contributed by atoms with E-state index in [1.807, 2.05) is 70.9 Å². The second-order valence-corrected chi connectivity index (χ2v) is 10.3. The Kier molecular flexibility index (Phi) is 7.27. The number of ether oxygens (including phenoxy) is 1. The molecule has 0 atom stereocenters. The molecule has 0 saturated heterocycles. The van der Waals surface area contributed by atoms with Crippen molar-refractivity contribution in [3.8, 4) is 16.3 Å². The van der Waals surface area contributed by atoms with Crippen molar-refractivity contribution in [1.82, 2.24) is 14.9 Å². The Bertz CT molecular complexity index is 1490. The van der Waals surface area contributed by atoms with Gasteiger partial charge in [0.1, 0.15) is 5.75 Å². The molecule has 3 aromatic heterocycles. The molecule has 5 rings (SSSR count). The van der Waals surface area contributed by atoms with Crippen LogP contribution in [0.1, 0.15) is 24.2 Å². The predicted octanol–water partition coefficient (Wildman–Crippen LogP) is 6.57. The fourth-order valence-corrected chi connectivity index (χ4v) is 5.95. The number of nitrogens with zero attached hydrogens (tertiary/aromatic N) is 4. The predicted molar refractivity (Wildman–Crippen MR) is 151 cm³/mol. The number of thiophene rings is 1. The number of pyridine rings is 1. The molecular formula is C28H28N4O2S2. The lowest BCUT2D eigenvalue weighted by molar-refractivity contribution is 0.0985. The number of thiazole rings is 1. The Morgan fingerprint density at radius 1 is 0.944 bits per heavy atom. The zero-order valence-electron chi connectivity index (χ0n) is 20.6. The summed E-state index contributed by atoms with van der Waals surface area (Å²) in [6.45, 7) is 7.44. The maximum absolute atomic E-state index is 14.3. The topological polar surface area (TPSA) is 58.6 Å². The van der Waals surface area contributed by atoms with Gasteiger partial charge in [-0.2, -0.15) is 0 Å². The number of likely N-dealkylation sites (N-methyl/N-ethyl adjacent to an activating group) is 1. The summed E-state index contributed by atoms with van der Waals surface area (Å²) in [5.41, 5.74) is 3.12. The molecule has 1 amide bonds. The van der Waals surface area contributed by atoms with Crippen LogP contribution in [0, 0.1) is 0 Å². The van der Waals surface area contributed by atoms with E-state index in [1.165, 1.54) is 11.3 Å². The highest BCUT2D eigenvalue weighted by molar-refractivity contribution is 7.22. The van der Waals surface area contributed by atoms with Gasteiger partial charge in [0, 0.05) is 18.5 Å². The number of para-hydroxylation sites is 1. The second kappa shape index (κ2) is 10.7. The SMILES string of the molecule is CCN(CC)CCN(C(=O)c1cc(-c2cccs2)nc2ccccc12)c1nc2ccc(OC)cc2s1.